The standard InChI is InChI=1S/C18H27NO/c1-3-19-17(18(2)10-5-4-6-11-18)15-7-8-16-14(13-15)9-12-20-16/h7-8,13,17,19H,3-6,9-12H2,1-2H3. The monoisotopic (exact) mass is 273 g/mol. The minimum absolute atomic E-state index is 0.405. The van der Waals surface area contributed by atoms with E-state index in [0.717, 1.165) is 25.3 Å². The molecule has 0 radical (unpaired) electrons. The molecular weight excluding hydrogens is 246 g/mol. The number of benzene rings is 1. The van der Waals surface area contributed by atoms with E-state index < -0.39 is 0 Å². The summed E-state index contributed by atoms with van der Waals surface area (Å²) in [7, 11) is 0. The van der Waals surface area contributed by atoms with E-state index in [2.05, 4.69) is 37.4 Å². The van der Waals surface area contributed by atoms with Crippen molar-refractivity contribution in [1.82, 2.24) is 5.32 Å². The Labute approximate surface area is 122 Å². The maximum Gasteiger partial charge on any atom is 0.122 e. The van der Waals surface area contributed by atoms with Crippen LogP contribution in [0, 0.1) is 5.41 Å². The maximum atomic E-state index is 5.64. The second-order valence-electron chi connectivity index (χ2n) is 6.67. The Balaban J connectivity index is 1.89. The molecule has 1 fully saturated rings. The van der Waals surface area contributed by atoms with Crippen molar-refractivity contribution in [2.24, 2.45) is 5.41 Å². The van der Waals surface area contributed by atoms with Gasteiger partial charge in [0.1, 0.15) is 5.75 Å². The summed E-state index contributed by atoms with van der Waals surface area (Å²) < 4.78 is 5.64. The Kier molecular flexibility index (Phi) is 4.02. The van der Waals surface area contributed by atoms with Crippen LogP contribution in [-0.4, -0.2) is 13.2 Å². The lowest BCUT2D eigenvalue weighted by Gasteiger charge is -2.41. The summed E-state index contributed by atoms with van der Waals surface area (Å²) in [4.78, 5) is 0. The molecule has 0 amide bonds. The third kappa shape index (κ3) is 2.58. The molecule has 1 N–H and O–H groups in total. The summed E-state index contributed by atoms with van der Waals surface area (Å²) >= 11 is 0. The Morgan fingerprint density at radius 1 is 1.25 bits per heavy atom. The summed E-state index contributed by atoms with van der Waals surface area (Å²) in [6.07, 6.45) is 7.93. The van der Waals surface area contributed by atoms with Crippen LogP contribution < -0.4 is 10.1 Å². The quantitative estimate of drug-likeness (QED) is 0.886. The first kappa shape index (κ1) is 13.9. The van der Waals surface area contributed by atoms with E-state index in [-0.39, 0.29) is 0 Å². The van der Waals surface area contributed by atoms with Gasteiger partial charge >= 0.3 is 0 Å². The average molecular weight is 273 g/mol. The predicted molar refractivity (Wildman–Crippen MR) is 83.3 cm³/mol. The second-order valence-corrected chi connectivity index (χ2v) is 6.67. The van der Waals surface area contributed by atoms with Crippen LogP contribution in [0.2, 0.25) is 0 Å². The molecule has 1 atom stereocenters. The lowest BCUT2D eigenvalue weighted by Crippen LogP contribution is -2.37. The number of hydrogen-bond acceptors (Lipinski definition) is 2. The molecule has 3 rings (SSSR count). The molecule has 2 heteroatoms. The van der Waals surface area contributed by atoms with E-state index >= 15 is 0 Å². The number of hydrogen-bond donors (Lipinski definition) is 1. The number of ether oxygens (including phenoxy) is 1. The molecule has 2 nitrogen and oxygen atoms in total. The first-order chi connectivity index (χ1) is 9.73. The summed E-state index contributed by atoms with van der Waals surface area (Å²) in [5.74, 6) is 1.10. The fraction of sp³-hybridized carbons (Fsp3) is 0.667. The highest BCUT2D eigenvalue weighted by molar-refractivity contribution is 5.41. The lowest BCUT2D eigenvalue weighted by molar-refractivity contribution is 0.146. The van der Waals surface area contributed by atoms with Gasteiger partial charge in [-0.15, -0.1) is 0 Å². The van der Waals surface area contributed by atoms with E-state index in [0.29, 0.717) is 11.5 Å². The Morgan fingerprint density at radius 3 is 2.80 bits per heavy atom. The van der Waals surface area contributed by atoms with Gasteiger partial charge in [0.15, 0.2) is 0 Å². The molecule has 1 aromatic carbocycles. The zero-order chi connectivity index (χ0) is 14.0. The summed E-state index contributed by atoms with van der Waals surface area (Å²) in [6, 6.07) is 7.32. The molecule has 1 heterocycles. The smallest absolute Gasteiger partial charge is 0.122 e. The van der Waals surface area contributed by atoms with Crippen LogP contribution >= 0.6 is 0 Å². The Morgan fingerprint density at radius 2 is 2.05 bits per heavy atom. The normalized spacial score (nSPS) is 22.1. The van der Waals surface area contributed by atoms with Crippen LogP contribution in [0.25, 0.3) is 0 Å². The molecule has 0 bridgehead atoms. The predicted octanol–water partition coefficient (Wildman–Crippen LogP) is 4.24. The Hall–Kier alpha value is -1.02. The topological polar surface area (TPSA) is 21.3 Å². The molecule has 1 aromatic rings. The van der Waals surface area contributed by atoms with Gasteiger partial charge < -0.3 is 10.1 Å². The number of nitrogens with one attached hydrogen (secondary N) is 1. The van der Waals surface area contributed by atoms with Gasteiger partial charge in [-0.3, -0.25) is 0 Å². The summed E-state index contributed by atoms with van der Waals surface area (Å²) in [6.45, 7) is 6.58. The fourth-order valence-corrected chi connectivity index (χ4v) is 4.00. The van der Waals surface area contributed by atoms with Gasteiger partial charge in [0, 0.05) is 12.5 Å². The van der Waals surface area contributed by atoms with Crippen molar-refractivity contribution in [2.75, 3.05) is 13.2 Å². The minimum atomic E-state index is 0.405. The summed E-state index contributed by atoms with van der Waals surface area (Å²) in [5.41, 5.74) is 3.26. The van der Waals surface area contributed by atoms with Crippen LogP contribution in [0.15, 0.2) is 18.2 Å². The van der Waals surface area contributed by atoms with Gasteiger partial charge in [0.2, 0.25) is 0 Å². The van der Waals surface area contributed by atoms with Gasteiger partial charge in [-0.05, 0) is 42.0 Å². The molecule has 1 saturated carbocycles. The van der Waals surface area contributed by atoms with Crippen LogP contribution in [0.3, 0.4) is 0 Å². The van der Waals surface area contributed by atoms with E-state index in [4.69, 9.17) is 4.74 Å². The van der Waals surface area contributed by atoms with Crippen LogP contribution in [0.5, 0.6) is 5.75 Å². The molecule has 1 unspecified atom stereocenters. The Bertz CT molecular complexity index is 462. The highest BCUT2D eigenvalue weighted by atomic mass is 16.5. The molecule has 1 aliphatic heterocycles. The molecule has 0 aromatic heterocycles. The lowest BCUT2D eigenvalue weighted by atomic mass is 9.68. The average Bonchev–Trinajstić information content (AvgIpc) is 2.92. The van der Waals surface area contributed by atoms with Crippen LogP contribution in [0.1, 0.15) is 63.1 Å². The number of rotatable bonds is 4. The van der Waals surface area contributed by atoms with Gasteiger partial charge in [-0.25, -0.2) is 0 Å². The van der Waals surface area contributed by atoms with Gasteiger partial charge in [0.25, 0.3) is 0 Å². The van der Waals surface area contributed by atoms with Crippen molar-refractivity contribution < 1.29 is 4.74 Å². The van der Waals surface area contributed by atoms with E-state index in [1.165, 1.54) is 43.2 Å². The van der Waals surface area contributed by atoms with Crippen molar-refractivity contribution in [3.8, 4) is 5.75 Å². The molecule has 0 spiro atoms. The van der Waals surface area contributed by atoms with E-state index in [9.17, 15) is 0 Å². The van der Waals surface area contributed by atoms with Gasteiger partial charge in [-0.2, -0.15) is 0 Å². The minimum Gasteiger partial charge on any atom is -0.493 e. The molecular formula is C18H27NO. The SMILES string of the molecule is CCNC(c1ccc2c(c1)CCO2)C1(C)CCCCC1. The van der Waals surface area contributed by atoms with Gasteiger partial charge in [-0.1, -0.05) is 45.2 Å². The van der Waals surface area contributed by atoms with E-state index in [1.54, 1.807) is 0 Å². The van der Waals surface area contributed by atoms with Crippen molar-refractivity contribution in [3.05, 3.63) is 29.3 Å². The van der Waals surface area contributed by atoms with Gasteiger partial charge in [0.05, 0.1) is 6.61 Å². The third-order valence-electron chi connectivity index (χ3n) is 5.15. The van der Waals surface area contributed by atoms with Crippen LogP contribution in [-0.2, 0) is 6.42 Å². The summed E-state index contributed by atoms with van der Waals surface area (Å²) in [5, 5.41) is 3.76. The zero-order valence-electron chi connectivity index (χ0n) is 12.9. The third-order valence-corrected chi connectivity index (χ3v) is 5.15. The largest absolute Gasteiger partial charge is 0.493 e. The zero-order valence-corrected chi connectivity index (χ0v) is 12.9. The molecule has 20 heavy (non-hydrogen) atoms. The first-order valence-electron chi connectivity index (χ1n) is 8.22. The van der Waals surface area contributed by atoms with Crippen molar-refractivity contribution in [2.45, 2.75) is 58.4 Å². The number of fused-ring (bicyclic) bond motifs is 1. The molecule has 2 aliphatic rings. The highest BCUT2D eigenvalue weighted by Gasteiger charge is 2.36. The van der Waals surface area contributed by atoms with Crippen molar-refractivity contribution >= 4 is 0 Å². The van der Waals surface area contributed by atoms with Crippen molar-refractivity contribution in [3.63, 3.8) is 0 Å². The highest BCUT2D eigenvalue weighted by Crippen LogP contribution is 2.46. The molecule has 1 aliphatic carbocycles. The van der Waals surface area contributed by atoms with E-state index in [1.807, 2.05) is 0 Å². The molecule has 110 valence electrons. The van der Waals surface area contributed by atoms with Crippen LogP contribution in [0.4, 0.5) is 0 Å². The van der Waals surface area contributed by atoms with Crippen molar-refractivity contribution in [1.29, 1.82) is 0 Å². The fourth-order valence-electron chi connectivity index (χ4n) is 4.00. The maximum absolute atomic E-state index is 5.64. The molecule has 0 saturated heterocycles. The first-order valence-corrected chi connectivity index (χ1v) is 8.22. The second kappa shape index (κ2) is 5.77.